The Bertz CT molecular complexity index is 543. The number of carbonyl (C=O) groups is 1. The van der Waals surface area contributed by atoms with Gasteiger partial charge in [-0.25, -0.2) is 0 Å². The third kappa shape index (κ3) is 3.78. The van der Waals surface area contributed by atoms with Crippen LogP contribution < -0.4 is 0 Å². The molecule has 122 valence electrons. The first-order valence-corrected chi connectivity index (χ1v) is 6.94. The molecule has 0 aromatic heterocycles. The second-order valence-electron chi connectivity index (χ2n) is 6.01. The summed E-state index contributed by atoms with van der Waals surface area (Å²) in [6, 6.07) is 4.15. The lowest BCUT2D eigenvalue weighted by Crippen LogP contribution is -2.43. The van der Waals surface area contributed by atoms with Crippen molar-refractivity contribution in [1.82, 2.24) is 9.80 Å². The van der Waals surface area contributed by atoms with Crippen LogP contribution in [0.4, 0.5) is 13.2 Å². The van der Waals surface area contributed by atoms with E-state index in [0.717, 1.165) is 12.1 Å². The van der Waals surface area contributed by atoms with Crippen molar-refractivity contribution >= 4 is 5.91 Å². The van der Waals surface area contributed by atoms with E-state index in [1.165, 1.54) is 17.0 Å². The lowest BCUT2D eigenvalue weighted by Gasteiger charge is -2.26. The predicted molar refractivity (Wildman–Crippen MR) is 75.5 cm³/mol. The number of hydrogen-bond donors (Lipinski definition) is 1. The van der Waals surface area contributed by atoms with Crippen LogP contribution in [-0.4, -0.2) is 60.1 Å². The van der Waals surface area contributed by atoms with Gasteiger partial charge in [-0.15, -0.1) is 0 Å². The van der Waals surface area contributed by atoms with Crippen molar-refractivity contribution < 1.29 is 23.1 Å². The molecule has 1 aliphatic rings. The van der Waals surface area contributed by atoms with E-state index >= 15 is 0 Å². The number of β-amino-alcohol motifs (C(OH)–C–C–N with tert-alkyl or cyclic N) is 1. The van der Waals surface area contributed by atoms with Gasteiger partial charge < -0.3 is 14.9 Å². The van der Waals surface area contributed by atoms with Crippen molar-refractivity contribution in [3.8, 4) is 0 Å². The Hall–Kier alpha value is -1.60. The van der Waals surface area contributed by atoms with Crippen molar-refractivity contribution in [3.05, 3.63) is 35.4 Å². The Morgan fingerprint density at radius 3 is 2.41 bits per heavy atom. The molecule has 0 spiro atoms. The summed E-state index contributed by atoms with van der Waals surface area (Å²) in [5.41, 5.74) is -1.55. The maximum Gasteiger partial charge on any atom is 0.416 e. The molecular formula is C15H19F3N2O2. The van der Waals surface area contributed by atoms with E-state index < -0.39 is 17.3 Å². The fourth-order valence-corrected chi connectivity index (χ4v) is 2.73. The Labute approximate surface area is 127 Å². The highest BCUT2D eigenvalue weighted by molar-refractivity contribution is 5.94. The molecular weight excluding hydrogens is 297 g/mol. The van der Waals surface area contributed by atoms with Crippen molar-refractivity contribution in [3.63, 3.8) is 0 Å². The Balaban J connectivity index is 2.07. The number of likely N-dealkylation sites (N-methyl/N-ethyl adjacent to an activating group) is 1. The molecule has 0 aliphatic carbocycles. The molecule has 1 N–H and O–H groups in total. The van der Waals surface area contributed by atoms with Gasteiger partial charge in [0, 0.05) is 18.7 Å². The molecule has 0 unspecified atom stereocenters. The number of likely N-dealkylation sites (tertiary alicyclic amines) is 1. The van der Waals surface area contributed by atoms with Crippen LogP contribution in [0, 0.1) is 0 Å². The molecule has 0 bridgehead atoms. The average molecular weight is 316 g/mol. The molecule has 4 nitrogen and oxygen atoms in total. The van der Waals surface area contributed by atoms with E-state index in [0.29, 0.717) is 19.5 Å². The summed E-state index contributed by atoms with van der Waals surface area (Å²) in [5.74, 6) is -0.358. The normalized spacial score (nSPS) is 22.4. The molecule has 1 fully saturated rings. The van der Waals surface area contributed by atoms with E-state index in [9.17, 15) is 23.1 Å². The number of rotatable bonds is 3. The summed E-state index contributed by atoms with van der Waals surface area (Å²) in [7, 11) is 3.66. The number of alkyl halides is 3. The van der Waals surface area contributed by atoms with Gasteiger partial charge in [0.15, 0.2) is 0 Å². The fourth-order valence-electron chi connectivity index (χ4n) is 2.73. The van der Waals surface area contributed by atoms with Crippen LogP contribution in [0.2, 0.25) is 0 Å². The molecule has 1 atom stereocenters. The van der Waals surface area contributed by atoms with Crippen molar-refractivity contribution in [2.24, 2.45) is 0 Å². The number of hydrogen-bond acceptors (Lipinski definition) is 3. The van der Waals surface area contributed by atoms with E-state index in [2.05, 4.69) is 0 Å². The van der Waals surface area contributed by atoms with Crippen molar-refractivity contribution in [2.75, 3.05) is 33.7 Å². The first-order valence-electron chi connectivity index (χ1n) is 6.94. The summed E-state index contributed by atoms with van der Waals surface area (Å²) in [4.78, 5) is 15.6. The monoisotopic (exact) mass is 316 g/mol. The Morgan fingerprint density at radius 2 is 1.91 bits per heavy atom. The Kier molecular flexibility index (Phi) is 4.49. The van der Waals surface area contributed by atoms with Gasteiger partial charge in [-0.3, -0.25) is 4.79 Å². The average Bonchev–Trinajstić information content (AvgIpc) is 2.78. The van der Waals surface area contributed by atoms with E-state index in [-0.39, 0.29) is 18.0 Å². The van der Waals surface area contributed by atoms with Crippen LogP contribution in [0.5, 0.6) is 0 Å². The number of benzene rings is 1. The molecule has 1 aromatic carbocycles. The molecule has 22 heavy (non-hydrogen) atoms. The third-order valence-corrected chi connectivity index (χ3v) is 3.69. The van der Waals surface area contributed by atoms with E-state index in [1.54, 1.807) is 0 Å². The second kappa shape index (κ2) is 5.89. The van der Waals surface area contributed by atoms with Gasteiger partial charge in [0.1, 0.15) is 0 Å². The minimum Gasteiger partial charge on any atom is -0.387 e. The molecule has 2 rings (SSSR count). The van der Waals surface area contributed by atoms with Gasteiger partial charge in [0.25, 0.3) is 5.91 Å². The summed E-state index contributed by atoms with van der Waals surface area (Å²) < 4.78 is 37.5. The topological polar surface area (TPSA) is 43.8 Å². The number of nitrogens with zero attached hydrogens (tertiary/aromatic N) is 2. The highest BCUT2D eigenvalue weighted by Crippen LogP contribution is 2.30. The lowest BCUT2D eigenvalue weighted by atomic mass is 10.0. The molecule has 1 heterocycles. The molecule has 0 radical (unpaired) electrons. The molecule has 1 aromatic rings. The highest BCUT2D eigenvalue weighted by atomic mass is 19.4. The van der Waals surface area contributed by atoms with Crippen LogP contribution in [0.1, 0.15) is 22.3 Å². The van der Waals surface area contributed by atoms with Crippen molar-refractivity contribution in [2.45, 2.75) is 18.2 Å². The molecule has 1 amide bonds. The minimum atomic E-state index is -4.42. The zero-order chi connectivity index (χ0) is 16.5. The van der Waals surface area contributed by atoms with Crippen LogP contribution in [0.15, 0.2) is 24.3 Å². The van der Waals surface area contributed by atoms with Gasteiger partial charge in [0.05, 0.1) is 17.7 Å². The SMILES string of the molecule is CN(C)C[C@@]1(O)CCN(C(=O)c2ccc(C(F)(F)F)cc2)C1. The van der Waals surface area contributed by atoms with Crippen molar-refractivity contribution in [1.29, 1.82) is 0 Å². The number of halogens is 3. The third-order valence-electron chi connectivity index (χ3n) is 3.69. The molecule has 7 heteroatoms. The van der Waals surface area contributed by atoms with Crippen LogP contribution in [-0.2, 0) is 6.18 Å². The van der Waals surface area contributed by atoms with Crippen LogP contribution in [0.25, 0.3) is 0 Å². The van der Waals surface area contributed by atoms with Gasteiger partial charge in [0.2, 0.25) is 0 Å². The van der Waals surface area contributed by atoms with E-state index in [4.69, 9.17) is 0 Å². The maximum absolute atomic E-state index is 12.5. The van der Waals surface area contributed by atoms with Gasteiger partial charge in [-0.1, -0.05) is 0 Å². The number of amides is 1. The summed E-state index contributed by atoms with van der Waals surface area (Å²) >= 11 is 0. The maximum atomic E-state index is 12.5. The van der Waals surface area contributed by atoms with Gasteiger partial charge >= 0.3 is 6.18 Å². The minimum absolute atomic E-state index is 0.186. The summed E-state index contributed by atoms with van der Waals surface area (Å²) in [6.45, 7) is 1.01. The molecule has 0 saturated carbocycles. The number of aliphatic hydroxyl groups is 1. The van der Waals surface area contributed by atoms with Gasteiger partial charge in [-0.05, 0) is 44.8 Å². The fraction of sp³-hybridized carbons (Fsp3) is 0.533. The predicted octanol–water partition coefficient (Wildman–Crippen LogP) is 1.84. The standard InChI is InChI=1S/C15H19F3N2O2/c1-19(2)9-14(22)7-8-20(10-14)13(21)11-3-5-12(6-4-11)15(16,17)18/h3-6,22H,7-10H2,1-2H3/t14-/m0/s1. The smallest absolute Gasteiger partial charge is 0.387 e. The van der Waals surface area contributed by atoms with Crippen LogP contribution >= 0.6 is 0 Å². The quantitative estimate of drug-likeness (QED) is 0.925. The lowest BCUT2D eigenvalue weighted by molar-refractivity contribution is -0.137. The molecule has 1 aliphatic heterocycles. The zero-order valence-electron chi connectivity index (χ0n) is 12.5. The van der Waals surface area contributed by atoms with Crippen LogP contribution in [0.3, 0.4) is 0 Å². The Morgan fingerprint density at radius 1 is 1.32 bits per heavy atom. The summed E-state index contributed by atoms with van der Waals surface area (Å²) in [5, 5.41) is 10.4. The molecule has 1 saturated heterocycles. The van der Waals surface area contributed by atoms with Gasteiger partial charge in [-0.2, -0.15) is 13.2 Å². The highest BCUT2D eigenvalue weighted by Gasteiger charge is 2.39. The first kappa shape index (κ1) is 16.8. The number of carbonyl (C=O) groups excluding carboxylic acids is 1. The second-order valence-corrected chi connectivity index (χ2v) is 6.01. The largest absolute Gasteiger partial charge is 0.416 e. The summed E-state index contributed by atoms with van der Waals surface area (Å²) in [6.07, 6.45) is -3.96. The first-order chi connectivity index (χ1) is 10.1. The van der Waals surface area contributed by atoms with E-state index in [1.807, 2.05) is 19.0 Å². The zero-order valence-corrected chi connectivity index (χ0v) is 12.5.